The number of benzene rings is 1. The van der Waals surface area contributed by atoms with Gasteiger partial charge >= 0.3 is 0 Å². The number of nitrogens with two attached hydrogens (primary N) is 1. The van der Waals surface area contributed by atoms with Crippen LogP contribution in [0.5, 0.6) is 0 Å². The highest BCUT2D eigenvalue weighted by Gasteiger charge is 2.14. The number of nitrogens with zero attached hydrogens (tertiary/aromatic N) is 2. The van der Waals surface area contributed by atoms with Gasteiger partial charge in [0.15, 0.2) is 0 Å². The molecule has 1 aliphatic rings. The molecule has 1 saturated heterocycles. The summed E-state index contributed by atoms with van der Waals surface area (Å²) in [6.07, 6.45) is 1.79. The van der Waals surface area contributed by atoms with Crippen molar-refractivity contribution in [1.29, 1.82) is 0 Å². The third-order valence-corrected chi connectivity index (χ3v) is 2.94. The highest BCUT2D eigenvalue weighted by Crippen LogP contribution is 2.28. The standard InChI is InChI=1S/C11H14N4O/c12-9-5-8-7-13-14-10(8)6-11(9)15-1-3-16-4-2-15/h5-7H,1-4,12H2,(H,13,14). The minimum absolute atomic E-state index is 0.764. The van der Waals surface area contributed by atoms with Crippen molar-refractivity contribution in [2.75, 3.05) is 36.9 Å². The van der Waals surface area contributed by atoms with Crippen molar-refractivity contribution in [2.24, 2.45) is 0 Å². The first-order valence-corrected chi connectivity index (χ1v) is 5.40. The third-order valence-electron chi connectivity index (χ3n) is 2.94. The van der Waals surface area contributed by atoms with Crippen LogP contribution >= 0.6 is 0 Å². The highest BCUT2D eigenvalue weighted by atomic mass is 16.5. The van der Waals surface area contributed by atoms with E-state index in [2.05, 4.69) is 21.2 Å². The minimum atomic E-state index is 0.764. The maximum atomic E-state index is 6.05. The number of hydrogen-bond acceptors (Lipinski definition) is 4. The summed E-state index contributed by atoms with van der Waals surface area (Å²) in [5.74, 6) is 0. The van der Waals surface area contributed by atoms with Crippen LogP contribution in [-0.2, 0) is 4.74 Å². The van der Waals surface area contributed by atoms with Crippen molar-refractivity contribution in [3.05, 3.63) is 18.3 Å². The number of fused-ring (bicyclic) bond motifs is 1. The highest BCUT2D eigenvalue weighted by molar-refractivity contribution is 5.88. The Labute approximate surface area is 93.2 Å². The number of anilines is 2. The zero-order valence-corrected chi connectivity index (χ0v) is 8.94. The Morgan fingerprint density at radius 2 is 2.12 bits per heavy atom. The second-order valence-electron chi connectivity index (χ2n) is 3.97. The molecule has 0 amide bonds. The summed E-state index contributed by atoms with van der Waals surface area (Å²) in [5.41, 5.74) is 8.95. The van der Waals surface area contributed by atoms with Crippen molar-refractivity contribution in [2.45, 2.75) is 0 Å². The van der Waals surface area contributed by atoms with Gasteiger partial charge in [0, 0.05) is 18.5 Å². The molecule has 2 aromatic rings. The Hall–Kier alpha value is -1.75. The van der Waals surface area contributed by atoms with Crippen molar-refractivity contribution >= 4 is 22.3 Å². The molecule has 5 nitrogen and oxygen atoms in total. The molecule has 2 heterocycles. The normalized spacial score (nSPS) is 16.9. The lowest BCUT2D eigenvalue weighted by Gasteiger charge is -2.29. The number of aromatic nitrogens is 2. The van der Waals surface area contributed by atoms with E-state index in [0.29, 0.717) is 0 Å². The Balaban J connectivity index is 2.03. The van der Waals surface area contributed by atoms with Crippen LogP contribution in [0.1, 0.15) is 0 Å². The Kier molecular flexibility index (Phi) is 2.18. The molecular weight excluding hydrogens is 204 g/mol. The first kappa shape index (κ1) is 9.47. The second kappa shape index (κ2) is 3.68. The molecule has 1 aliphatic heterocycles. The summed E-state index contributed by atoms with van der Waals surface area (Å²) in [5, 5.41) is 8.02. The van der Waals surface area contributed by atoms with Crippen LogP contribution in [0.25, 0.3) is 10.9 Å². The van der Waals surface area contributed by atoms with Crippen LogP contribution in [0.3, 0.4) is 0 Å². The summed E-state index contributed by atoms with van der Waals surface area (Å²) >= 11 is 0. The SMILES string of the molecule is Nc1cc2cn[nH]c2cc1N1CCOCC1. The van der Waals surface area contributed by atoms with Crippen molar-refractivity contribution in [3.63, 3.8) is 0 Å². The topological polar surface area (TPSA) is 67.2 Å². The van der Waals surface area contributed by atoms with E-state index in [0.717, 1.165) is 48.6 Å². The van der Waals surface area contributed by atoms with Gasteiger partial charge in [0.2, 0.25) is 0 Å². The fourth-order valence-corrected chi connectivity index (χ4v) is 2.08. The lowest BCUT2D eigenvalue weighted by molar-refractivity contribution is 0.123. The predicted molar refractivity (Wildman–Crippen MR) is 63.5 cm³/mol. The molecule has 0 bridgehead atoms. The van der Waals surface area contributed by atoms with Gasteiger partial charge in [-0.25, -0.2) is 0 Å². The average molecular weight is 218 g/mol. The van der Waals surface area contributed by atoms with Crippen LogP contribution in [0.15, 0.2) is 18.3 Å². The van der Waals surface area contributed by atoms with E-state index >= 15 is 0 Å². The van der Waals surface area contributed by atoms with Gasteiger partial charge in [0.25, 0.3) is 0 Å². The number of H-pyrrole nitrogens is 1. The number of nitrogens with one attached hydrogen (secondary N) is 1. The summed E-state index contributed by atoms with van der Waals surface area (Å²) < 4.78 is 5.33. The lowest BCUT2D eigenvalue weighted by atomic mass is 10.2. The summed E-state index contributed by atoms with van der Waals surface area (Å²) in [6, 6.07) is 4.02. The Bertz CT molecular complexity index is 502. The first-order chi connectivity index (χ1) is 7.84. The van der Waals surface area contributed by atoms with Gasteiger partial charge in [-0.2, -0.15) is 5.10 Å². The smallest absolute Gasteiger partial charge is 0.0672 e. The molecule has 1 aromatic heterocycles. The molecule has 0 radical (unpaired) electrons. The van der Waals surface area contributed by atoms with Gasteiger partial charge in [-0.15, -0.1) is 0 Å². The zero-order valence-electron chi connectivity index (χ0n) is 8.94. The minimum Gasteiger partial charge on any atom is -0.397 e. The van der Waals surface area contributed by atoms with E-state index < -0.39 is 0 Å². The molecule has 84 valence electrons. The molecule has 0 saturated carbocycles. The third kappa shape index (κ3) is 1.49. The van der Waals surface area contributed by atoms with Crippen LogP contribution < -0.4 is 10.6 Å². The van der Waals surface area contributed by atoms with E-state index in [1.165, 1.54) is 0 Å². The summed E-state index contributed by atoms with van der Waals surface area (Å²) in [6.45, 7) is 3.31. The zero-order chi connectivity index (χ0) is 11.0. The van der Waals surface area contributed by atoms with Gasteiger partial charge in [-0.1, -0.05) is 0 Å². The van der Waals surface area contributed by atoms with Crippen LogP contribution in [0.2, 0.25) is 0 Å². The maximum Gasteiger partial charge on any atom is 0.0672 e. The monoisotopic (exact) mass is 218 g/mol. The Morgan fingerprint density at radius 3 is 2.94 bits per heavy atom. The number of morpholine rings is 1. The predicted octanol–water partition coefficient (Wildman–Crippen LogP) is 0.982. The lowest BCUT2D eigenvalue weighted by Crippen LogP contribution is -2.36. The van der Waals surface area contributed by atoms with E-state index in [1.54, 1.807) is 6.20 Å². The van der Waals surface area contributed by atoms with Gasteiger partial charge < -0.3 is 15.4 Å². The van der Waals surface area contributed by atoms with Gasteiger partial charge in [0.05, 0.1) is 36.3 Å². The molecule has 1 fully saturated rings. The van der Waals surface area contributed by atoms with E-state index in [4.69, 9.17) is 10.5 Å². The Morgan fingerprint density at radius 1 is 1.31 bits per heavy atom. The van der Waals surface area contributed by atoms with Crippen molar-refractivity contribution in [3.8, 4) is 0 Å². The molecule has 0 atom stereocenters. The molecule has 5 heteroatoms. The molecule has 3 N–H and O–H groups in total. The van der Waals surface area contributed by atoms with E-state index in [-0.39, 0.29) is 0 Å². The molecule has 3 rings (SSSR count). The fraction of sp³-hybridized carbons (Fsp3) is 0.364. The van der Waals surface area contributed by atoms with E-state index in [9.17, 15) is 0 Å². The van der Waals surface area contributed by atoms with Gasteiger partial charge in [-0.05, 0) is 12.1 Å². The van der Waals surface area contributed by atoms with Crippen LogP contribution in [0, 0.1) is 0 Å². The van der Waals surface area contributed by atoms with Crippen molar-refractivity contribution < 1.29 is 4.74 Å². The largest absolute Gasteiger partial charge is 0.397 e. The van der Waals surface area contributed by atoms with E-state index in [1.807, 2.05) is 6.07 Å². The molecule has 1 aromatic carbocycles. The molecule has 0 aliphatic carbocycles. The fourth-order valence-electron chi connectivity index (χ4n) is 2.08. The van der Waals surface area contributed by atoms with Crippen LogP contribution in [0.4, 0.5) is 11.4 Å². The number of aromatic amines is 1. The number of hydrogen-bond donors (Lipinski definition) is 2. The quantitative estimate of drug-likeness (QED) is 0.700. The molecule has 0 spiro atoms. The first-order valence-electron chi connectivity index (χ1n) is 5.40. The molecule has 16 heavy (non-hydrogen) atoms. The number of nitrogen functional groups attached to an aromatic ring is 1. The van der Waals surface area contributed by atoms with Crippen molar-refractivity contribution in [1.82, 2.24) is 10.2 Å². The summed E-state index contributed by atoms with van der Waals surface area (Å²) in [4.78, 5) is 2.25. The molecular formula is C11H14N4O. The average Bonchev–Trinajstić information content (AvgIpc) is 2.76. The van der Waals surface area contributed by atoms with Crippen LogP contribution in [-0.4, -0.2) is 36.5 Å². The molecule has 0 unspecified atom stereocenters. The van der Waals surface area contributed by atoms with Gasteiger partial charge in [0.1, 0.15) is 0 Å². The maximum absolute atomic E-state index is 6.05. The number of rotatable bonds is 1. The second-order valence-corrected chi connectivity index (χ2v) is 3.97. The van der Waals surface area contributed by atoms with Gasteiger partial charge in [-0.3, -0.25) is 5.10 Å². The number of ether oxygens (including phenoxy) is 1. The summed E-state index contributed by atoms with van der Waals surface area (Å²) in [7, 11) is 0.